The van der Waals surface area contributed by atoms with Gasteiger partial charge in [0.05, 0.1) is 18.3 Å². The van der Waals surface area contributed by atoms with Crippen LogP contribution in [0.3, 0.4) is 0 Å². The minimum Gasteiger partial charge on any atom is -0.508 e. The molecule has 1 fully saturated rings. The number of phenolic OH excluding ortho intramolecular Hbond substituents is 1. The van der Waals surface area contributed by atoms with E-state index in [1.807, 2.05) is 0 Å². The molecule has 6 N–H and O–H groups in total. The number of fused-ring (bicyclic) bond motifs is 1. The maximum Gasteiger partial charge on any atom is 0.336 e. The number of phenols is 1. The van der Waals surface area contributed by atoms with E-state index in [4.69, 9.17) is 13.9 Å². The Morgan fingerprint density at radius 1 is 1.13 bits per heavy atom. The maximum atomic E-state index is 11.3. The Kier molecular flexibility index (Phi) is 6.48. The van der Waals surface area contributed by atoms with Gasteiger partial charge in [-0.15, -0.1) is 0 Å². The number of benzene rings is 1. The van der Waals surface area contributed by atoms with E-state index in [1.54, 1.807) is 6.07 Å². The van der Waals surface area contributed by atoms with Crippen LogP contribution in [0, 0.1) is 0 Å². The average Bonchev–Trinajstić information content (AvgIpc) is 2.69. The average molecular weight is 426 g/mol. The fourth-order valence-electron chi connectivity index (χ4n) is 3.31. The second-order valence-corrected chi connectivity index (χ2v) is 7.91. The molecule has 1 aromatic carbocycles. The van der Waals surface area contributed by atoms with Gasteiger partial charge in [0.1, 0.15) is 35.7 Å². The Labute approximate surface area is 171 Å². The van der Waals surface area contributed by atoms with Crippen molar-refractivity contribution in [2.75, 3.05) is 6.61 Å². The third kappa shape index (κ3) is 4.49. The van der Waals surface area contributed by atoms with E-state index < -0.39 is 54.6 Å². The Hall–Kier alpha value is -2.05. The fourth-order valence-corrected chi connectivity index (χ4v) is 3.31. The van der Waals surface area contributed by atoms with E-state index in [1.165, 1.54) is 32.0 Å². The van der Waals surface area contributed by atoms with Crippen LogP contribution in [0.4, 0.5) is 0 Å². The van der Waals surface area contributed by atoms with Gasteiger partial charge in [0.15, 0.2) is 6.29 Å². The lowest BCUT2D eigenvalue weighted by Crippen LogP contribution is -2.61. The van der Waals surface area contributed by atoms with Crippen LogP contribution in [0.2, 0.25) is 0 Å². The predicted octanol–water partition coefficient (Wildman–Crippen LogP) is -1.00. The van der Waals surface area contributed by atoms with Crippen LogP contribution in [0.5, 0.6) is 5.75 Å². The number of aromatic hydroxyl groups is 1. The van der Waals surface area contributed by atoms with Crippen molar-refractivity contribution in [3.8, 4) is 5.75 Å². The largest absolute Gasteiger partial charge is 0.508 e. The van der Waals surface area contributed by atoms with E-state index in [9.17, 15) is 35.4 Å². The molecule has 30 heavy (non-hydrogen) atoms. The molecule has 10 nitrogen and oxygen atoms in total. The highest BCUT2D eigenvalue weighted by atomic mass is 16.7. The van der Waals surface area contributed by atoms with Crippen LogP contribution < -0.4 is 5.63 Å². The van der Waals surface area contributed by atoms with Crippen LogP contribution in [0.1, 0.15) is 19.4 Å². The summed E-state index contributed by atoms with van der Waals surface area (Å²) in [5, 5.41) is 60.7. The smallest absolute Gasteiger partial charge is 0.336 e. The quantitative estimate of drug-likeness (QED) is 0.315. The van der Waals surface area contributed by atoms with E-state index in [0.29, 0.717) is 10.9 Å². The monoisotopic (exact) mass is 426 g/mol. The van der Waals surface area contributed by atoms with Crippen LogP contribution in [-0.2, 0) is 15.9 Å². The number of rotatable bonds is 6. The Bertz CT molecular complexity index is 937. The molecular weight excluding hydrogens is 400 g/mol. The standard InChI is InChI=1S/C20H26O10/c1-20(2,30-19-18(27)17(26)16(25)13(8-21)29-19)14(23)6-10-5-9-3-4-15(24)28-12(9)7-11(10)22/h3-5,7,13-14,16-19,21-23,25-27H,6,8H2,1-2H3/t13-,14?,16-,17+,18-,19+/m1/s1. The molecule has 0 amide bonds. The van der Waals surface area contributed by atoms with Gasteiger partial charge in [-0.25, -0.2) is 4.79 Å². The maximum absolute atomic E-state index is 11.3. The first-order valence-electron chi connectivity index (χ1n) is 9.45. The molecule has 166 valence electrons. The third-order valence-electron chi connectivity index (χ3n) is 5.30. The second kappa shape index (κ2) is 8.60. The highest BCUT2D eigenvalue weighted by Crippen LogP contribution is 2.31. The van der Waals surface area contributed by atoms with Gasteiger partial charge >= 0.3 is 5.63 Å². The van der Waals surface area contributed by atoms with Crippen LogP contribution >= 0.6 is 0 Å². The van der Waals surface area contributed by atoms with Crippen molar-refractivity contribution in [2.24, 2.45) is 0 Å². The van der Waals surface area contributed by atoms with Crippen molar-refractivity contribution in [3.05, 3.63) is 40.2 Å². The van der Waals surface area contributed by atoms with Gasteiger partial charge in [0.2, 0.25) is 0 Å². The summed E-state index contributed by atoms with van der Waals surface area (Å²) in [5.74, 6) is -0.181. The van der Waals surface area contributed by atoms with Crippen molar-refractivity contribution in [1.82, 2.24) is 0 Å². The van der Waals surface area contributed by atoms with Crippen molar-refractivity contribution >= 4 is 11.0 Å². The molecular formula is C20H26O10. The van der Waals surface area contributed by atoms with Gasteiger partial charge < -0.3 is 44.5 Å². The molecule has 1 aliphatic heterocycles. The molecule has 0 bridgehead atoms. The molecule has 6 atom stereocenters. The molecule has 0 saturated carbocycles. The van der Waals surface area contributed by atoms with Gasteiger partial charge in [0, 0.05) is 23.9 Å². The Morgan fingerprint density at radius 3 is 2.50 bits per heavy atom. The SMILES string of the molecule is CC(C)(O[C@@H]1O[C@H](CO)[C@@H](O)[C@H](O)[C@H]1O)C(O)Cc1cc2ccc(=O)oc2cc1O. The lowest BCUT2D eigenvalue weighted by molar-refractivity contribution is -0.331. The molecule has 10 heteroatoms. The lowest BCUT2D eigenvalue weighted by atomic mass is 9.93. The number of aliphatic hydroxyl groups is 5. The Balaban J connectivity index is 1.76. The zero-order valence-corrected chi connectivity index (χ0v) is 16.5. The first kappa shape index (κ1) is 22.6. The summed E-state index contributed by atoms with van der Waals surface area (Å²) in [6.45, 7) is 2.45. The summed E-state index contributed by atoms with van der Waals surface area (Å²) in [7, 11) is 0. The van der Waals surface area contributed by atoms with Gasteiger partial charge in [-0.05, 0) is 31.5 Å². The first-order valence-corrected chi connectivity index (χ1v) is 9.45. The molecule has 1 unspecified atom stereocenters. The summed E-state index contributed by atoms with van der Waals surface area (Å²) in [5.41, 5.74) is -1.30. The van der Waals surface area contributed by atoms with Crippen molar-refractivity contribution in [3.63, 3.8) is 0 Å². The van der Waals surface area contributed by atoms with Crippen molar-refractivity contribution < 1.29 is 44.5 Å². The highest BCUT2D eigenvalue weighted by Gasteiger charge is 2.46. The minimum absolute atomic E-state index is 0.0503. The molecule has 0 spiro atoms. The normalized spacial score (nSPS) is 28.6. The van der Waals surface area contributed by atoms with Crippen molar-refractivity contribution in [2.45, 2.75) is 62.7 Å². The molecule has 3 rings (SSSR count). The van der Waals surface area contributed by atoms with Gasteiger partial charge in [-0.3, -0.25) is 0 Å². The summed E-state index contributed by atoms with van der Waals surface area (Å²) < 4.78 is 16.0. The number of hydrogen-bond acceptors (Lipinski definition) is 10. The van der Waals surface area contributed by atoms with E-state index >= 15 is 0 Å². The van der Waals surface area contributed by atoms with Gasteiger partial charge in [0.25, 0.3) is 0 Å². The number of aliphatic hydroxyl groups excluding tert-OH is 5. The molecule has 1 saturated heterocycles. The number of hydrogen-bond donors (Lipinski definition) is 6. The fraction of sp³-hybridized carbons (Fsp3) is 0.550. The first-order chi connectivity index (χ1) is 14.0. The lowest BCUT2D eigenvalue weighted by Gasteiger charge is -2.43. The summed E-state index contributed by atoms with van der Waals surface area (Å²) >= 11 is 0. The zero-order chi connectivity index (χ0) is 22.2. The molecule has 2 aromatic rings. The summed E-state index contributed by atoms with van der Waals surface area (Å²) in [4.78, 5) is 11.3. The van der Waals surface area contributed by atoms with Crippen LogP contribution in [-0.4, -0.2) is 79.7 Å². The van der Waals surface area contributed by atoms with E-state index in [-0.39, 0.29) is 17.8 Å². The molecule has 1 aromatic heterocycles. The minimum atomic E-state index is -1.61. The van der Waals surface area contributed by atoms with Gasteiger partial charge in [-0.2, -0.15) is 0 Å². The van der Waals surface area contributed by atoms with Crippen molar-refractivity contribution in [1.29, 1.82) is 0 Å². The second-order valence-electron chi connectivity index (χ2n) is 7.91. The third-order valence-corrected chi connectivity index (χ3v) is 5.30. The van der Waals surface area contributed by atoms with Crippen LogP contribution in [0.25, 0.3) is 11.0 Å². The molecule has 2 heterocycles. The van der Waals surface area contributed by atoms with Crippen LogP contribution in [0.15, 0.2) is 33.5 Å². The van der Waals surface area contributed by atoms with Gasteiger partial charge in [-0.1, -0.05) is 0 Å². The Morgan fingerprint density at radius 2 is 1.83 bits per heavy atom. The number of ether oxygens (including phenoxy) is 2. The van der Waals surface area contributed by atoms with E-state index in [0.717, 1.165) is 0 Å². The predicted molar refractivity (Wildman–Crippen MR) is 103 cm³/mol. The summed E-state index contributed by atoms with van der Waals surface area (Å²) in [6, 6.07) is 5.63. The van der Waals surface area contributed by atoms with E-state index in [2.05, 4.69) is 0 Å². The molecule has 0 aliphatic carbocycles. The molecule has 0 radical (unpaired) electrons. The zero-order valence-electron chi connectivity index (χ0n) is 16.5. The molecule has 1 aliphatic rings. The summed E-state index contributed by atoms with van der Waals surface area (Å²) in [6.07, 6.45) is -8.52. The topological polar surface area (TPSA) is 170 Å². The highest BCUT2D eigenvalue weighted by molar-refractivity contribution is 5.79.